The highest BCUT2D eigenvalue weighted by atomic mass is 35.5. The molecule has 0 atom stereocenters. The summed E-state index contributed by atoms with van der Waals surface area (Å²) in [4.78, 5) is 6.21. The molecule has 10 heteroatoms. The fourth-order valence-corrected chi connectivity index (χ4v) is 2.06. The molecule has 2 nitrogen and oxygen atoms in total. The van der Waals surface area contributed by atoms with Crippen LogP contribution in [0.2, 0.25) is 10.3 Å². The first-order valence-electron chi connectivity index (χ1n) is 5.39. The fraction of sp³-hybridized carbons (Fsp3) is 0.167. The average molecular weight is 360 g/mol. The maximum absolute atomic E-state index is 13.0. The van der Waals surface area contributed by atoms with Crippen LogP contribution >= 0.6 is 23.2 Å². The molecule has 0 aliphatic carbocycles. The SMILES string of the molecule is FC(F)(F)c1c[c]c(-c2cc(Cl)nc(Cl)c2)c(C(F)(F)F)n1. The van der Waals surface area contributed by atoms with Crippen molar-refractivity contribution in [1.29, 1.82) is 0 Å². The van der Waals surface area contributed by atoms with E-state index in [1.54, 1.807) is 0 Å². The molecule has 0 aliphatic heterocycles. The molecule has 0 N–H and O–H groups in total. The van der Waals surface area contributed by atoms with Gasteiger partial charge in [-0.2, -0.15) is 26.3 Å². The predicted molar refractivity (Wildman–Crippen MR) is 66.3 cm³/mol. The largest absolute Gasteiger partial charge is 0.433 e. The zero-order chi connectivity index (χ0) is 16.7. The van der Waals surface area contributed by atoms with Crippen LogP contribution < -0.4 is 0 Å². The van der Waals surface area contributed by atoms with Crippen molar-refractivity contribution in [2.75, 3.05) is 0 Å². The number of halogens is 8. The molecule has 0 saturated heterocycles. The Morgan fingerprint density at radius 2 is 1.41 bits per heavy atom. The van der Waals surface area contributed by atoms with Gasteiger partial charge in [0.1, 0.15) is 16.0 Å². The molecule has 0 spiro atoms. The van der Waals surface area contributed by atoms with E-state index in [1.807, 2.05) is 6.07 Å². The lowest BCUT2D eigenvalue weighted by Gasteiger charge is -2.14. The molecule has 0 aromatic carbocycles. The molecule has 2 rings (SSSR count). The Bertz CT molecular complexity index is 691. The molecular formula is C12H3Cl2F6N2. The zero-order valence-electron chi connectivity index (χ0n) is 10.2. The van der Waals surface area contributed by atoms with Crippen LogP contribution in [0.15, 0.2) is 18.2 Å². The average Bonchev–Trinajstić information content (AvgIpc) is 2.34. The van der Waals surface area contributed by atoms with Gasteiger partial charge >= 0.3 is 12.4 Å². The molecule has 0 amide bonds. The van der Waals surface area contributed by atoms with Crippen LogP contribution in [0.25, 0.3) is 11.1 Å². The van der Waals surface area contributed by atoms with Gasteiger partial charge in [-0.15, -0.1) is 0 Å². The monoisotopic (exact) mass is 359 g/mol. The van der Waals surface area contributed by atoms with E-state index in [4.69, 9.17) is 23.2 Å². The van der Waals surface area contributed by atoms with Gasteiger partial charge in [-0.3, -0.25) is 0 Å². The smallest absolute Gasteiger partial charge is 0.238 e. The van der Waals surface area contributed by atoms with E-state index in [9.17, 15) is 26.3 Å². The standard InChI is InChI=1S/C12H3Cl2F6N2/c13-8-3-5(4-9(14)22-8)6-1-2-7(11(15,16)17)21-10(6)12(18,19)20/h2-4H. The second kappa shape index (κ2) is 5.58. The first kappa shape index (κ1) is 16.8. The summed E-state index contributed by atoms with van der Waals surface area (Å²) >= 11 is 11.2. The molecule has 2 heterocycles. The van der Waals surface area contributed by atoms with Crippen LogP contribution in [0, 0.1) is 6.07 Å². The Morgan fingerprint density at radius 3 is 1.86 bits per heavy atom. The minimum Gasteiger partial charge on any atom is -0.238 e. The van der Waals surface area contributed by atoms with Crippen molar-refractivity contribution in [2.24, 2.45) is 0 Å². The lowest BCUT2D eigenvalue weighted by atomic mass is 10.0. The Hall–Kier alpha value is -1.54. The molecule has 0 fully saturated rings. The number of hydrogen-bond acceptors (Lipinski definition) is 2. The second-order valence-electron chi connectivity index (χ2n) is 4.01. The first-order valence-corrected chi connectivity index (χ1v) is 6.14. The quantitative estimate of drug-likeness (QED) is 0.510. The van der Waals surface area contributed by atoms with E-state index in [1.165, 1.54) is 0 Å². The van der Waals surface area contributed by atoms with Gasteiger partial charge in [-0.1, -0.05) is 23.2 Å². The predicted octanol–water partition coefficient (Wildman–Crippen LogP) is 5.29. The molecule has 117 valence electrons. The highest BCUT2D eigenvalue weighted by Gasteiger charge is 2.40. The Balaban J connectivity index is 2.70. The van der Waals surface area contributed by atoms with Crippen LogP contribution in [0.5, 0.6) is 0 Å². The van der Waals surface area contributed by atoms with E-state index in [2.05, 4.69) is 9.97 Å². The third-order valence-corrected chi connectivity index (χ3v) is 2.82. The minimum absolute atomic E-state index is 0.196. The summed E-state index contributed by atoms with van der Waals surface area (Å²) in [6.45, 7) is 0. The Morgan fingerprint density at radius 1 is 0.864 bits per heavy atom. The van der Waals surface area contributed by atoms with E-state index >= 15 is 0 Å². The molecule has 2 aromatic heterocycles. The molecule has 22 heavy (non-hydrogen) atoms. The van der Waals surface area contributed by atoms with Crippen LogP contribution in [0.1, 0.15) is 11.4 Å². The number of aromatic nitrogens is 2. The maximum Gasteiger partial charge on any atom is 0.433 e. The van der Waals surface area contributed by atoms with Gasteiger partial charge in [0.25, 0.3) is 0 Å². The van der Waals surface area contributed by atoms with Crippen LogP contribution in [-0.4, -0.2) is 9.97 Å². The third kappa shape index (κ3) is 3.61. The molecular weight excluding hydrogens is 357 g/mol. The molecule has 0 unspecified atom stereocenters. The highest BCUT2D eigenvalue weighted by Crippen LogP contribution is 2.39. The van der Waals surface area contributed by atoms with Crippen molar-refractivity contribution < 1.29 is 26.3 Å². The van der Waals surface area contributed by atoms with Crippen molar-refractivity contribution >= 4 is 23.2 Å². The number of rotatable bonds is 1. The summed E-state index contributed by atoms with van der Waals surface area (Å²) in [6.07, 6.45) is -10.1. The van der Waals surface area contributed by atoms with E-state index in [0.29, 0.717) is 6.07 Å². The number of alkyl halides is 6. The number of pyridine rings is 2. The van der Waals surface area contributed by atoms with Crippen molar-refractivity contribution in [3.63, 3.8) is 0 Å². The van der Waals surface area contributed by atoms with Gasteiger partial charge in [0, 0.05) is 5.56 Å². The fourth-order valence-electron chi connectivity index (χ4n) is 1.60. The maximum atomic E-state index is 13.0. The molecule has 0 aliphatic rings. The van der Waals surface area contributed by atoms with Crippen LogP contribution in [0.3, 0.4) is 0 Å². The molecule has 0 bridgehead atoms. The zero-order valence-corrected chi connectivity index (χ0v) is 11.7. The third-order valence-electron chi connectivity index (χ3n) is 2.43. The van der Waals surface area contributed by atoms with Gasteiger partial charge in [-0.05, 0) is 29.8 Å². The van der Waals surface area contributed by atoms with Crippen molar-refractivity contribution in [2.45, 2.75) is 12.4 Å². The van der Waals surface area contributed by atoms with Gasteiger partial charge in [-0.25, -0.2) is 9.97 Å². The Labute approximate surface area is 129 Å². The molecule has 1 radical (unpaired) electrons. The Kier molecular flexibility index (Phi) is 4.27. The van der Waals surface area contributed by atoms with Crippen LogP contribution in [0.4, 0.5) is 26.3 Å². The lowest BCUT2D eigenvalue weighted by Crippen LogP contribution is -2.16. The summed E-state index contributed by atoms with van der Waals surface area (Å²) in [6, 6.07) is 4.30. The normalized spacial score (nSPS) is 12.5. The number of nitrogens with zero attached hydrogens (tertiary/aromatic N) is 2. The van der Waals surface area contributed by atoms with Crippen molar-refractivity contribution in [1.82, 2.24) is 9.97 Å². The summed E-state index contributed by atoms with van der Waals surface area (Å²) < 4.78 is 76.5. The van der Waals surface area contributed by atoms with E-state index in [-0.39, 0.29) is 15.9 Å². The highest BCUT2D eigenvalue weighted by molar-refractivity contribution is 6.32. The summed E-state index contributed by atoms with van der Waals surface area (Å²) in [5.74, 6) is 0. The first-order chi connectivity index (χ1) is 9.98. The van der Waals surface area contributed by atoms with Crippen LogP contribution in [-0.2, 0) is 12.4 Å². The molecule has 0 saturated carbocycles. The van der Waals surface area contributed by atoms with Gasteiger partial charge < -0.3 is 0 Å². The van der Waals surface area contributed by atoms with Gasteiger partial charge in [0.05, 0.1) is 0 Å². The summed E-state index contributed by atoms with van der Waals surface area (Å²) in [5, 5.41) is -0.437. The topological polar surface area (TPSA) is 25.8 Å². The summed E-state index contributed by atoms with van der Waals surface area (Å²) in [7, 11) is 0. The lowest BCUT2D eigenvalue weighted by molar-refractivity contribution is -0.149. The molecule has 2 aromatic rings. The summed E-state index contributed by atoms with van der Waals surface area (Å²) in [5.41, 5.74) is -4.33. The van der Waals surface area contributed by atoms with Crippen molar-refractivity contribution in [3.8, 4) is 11.1 Å². The minimum atomic E-state index is -5.12. The van der Waals surface area contributed by atoms with E-state index in [0.717, 1.165) is 12.1 Å². The van der Waals surface area contributed by atoms with Gasteiger partial charge in [0.15, 0.2) is 5.69 Å². The van der Waals surface area contributed by atoms with Crippen molar-refractivity contribution in [3.05, 3.63) is 46.0 Å². The van der Waals surface area contributed by atoms with Gasteiger partial charge in [0.2, 0.25) is 0 Å². The van der Waals surface area contributed by atoms with E-state index < -0.39 is 29.3 Å². The second-order valence-corrected chi connectivity index (χ2v) is 4.78. The number of hydrogen-bond donors (Lipinski definition) is 0.